The van der Waals surface area contributed by atoms with Crippen LogP contribution < -0.4 is 4.74 Å². The summed E-state index contributed by atoms with van der Waals surface area (Å²) >= 11 is 3.22. The first kappa shape index (κ1) is 13.4. The number of halogens is 1. The van der Waals surface area contributed by atoms with Crippen molar-refractivity contribution in [2.24, 2.45) is 0 Å². The van der Waals surface area contributed by atoms with E-state index in [1.807, 2.05) is 0 Å². The molecular formula is C13H10BrNO4. The third-order valence-corrected chi connectivity index (χ3v) is 3.15. The Balaban J connectivity index is 2.39. The minimum Gasteiger partial charge on any atom is -0.504 e. The first-order chi connectivity index (χ1) is 8.99. The monoisotopic (exact) mass is 323 g/mol. The van der Waals surface area contributed by atoms with Crippen LogP contribution in [0.25, 0.3) is 0 Å². The third-order valence-electron chi connectivity index (χ3n) is 2.53. The molecule has 2 aromatic carbocycles. The number of benzene rings is 2. The van der Waals surface area contributed by atoms with E-state index in [1.54, 1.807) is 31.2 Å². The van der Waals surface area contributed by atoms with Crippen LogP contribution in [0.4, 0.5) is 5.69 Å². The van der Waals surface area contributed by atoms with Crippen molar-refractivity contribution in [1.29, 1.82) is 0 Å². The van der Waals surface area contributed by atoms with E-state index in [4.69, 9.17) is 4.74 Å². The van der Waals surface area contributed by atoms with Crippen molar-refractivity contribution in [2.45, 2.75) is 6.92 Å². The van der Waals surface area contributed by atoms with E-state index in [9.17, 15) is 15.2 Å². The van der Waals surface area contributed by atoms with Gasteiger partial charge in [0.05, 0.1) is 9.40 Å². The van der Waals surface area contributed by atoms with Crippen molar-refractivity contribution in [3.05, 3.63) is 56.5 Å². The molecule has 0 unspecified atom stereocenters. The lowest BCUT2D eigenvalue weighted by Gasteiger charge is -2.10. The van der Waals surface area contributed by atoms with E-state index in [2.05, 4.69) is 15.9 Å². The number of aromatic hydroxyl groups is 1. The Morgan fingerprint density at radius 2 is 1.95 bits per heavy atom. The van der Waals surface area contributed by atoms with Gasteiger partial charge in [0, 0.05) is 11.6 Å². The van der Waals surface area contributed by atoms with Gasteiger partial charge in [0.25, 0.3) is 5.69 Å². The Morgan fingerprint density at radius 3 is 2.58 bits per heavy atom. The molecule has 5 nitrogen and oxygen atoms in total. The van der Waals surface area contributed by atoms with Gasteiger partial charge in [0.15, 0.2) is 11.5 Å². The maximum atomic E-state index is 10.8. The van der Waals surface area contributed by atoms with Crippen LogP contribution in [-0.4, -0.2) is 10.0 Å². The molecule has 0 aromatic heterocycles. The number of rotatable bonds is 3. The fraction of sp³-hybridized carbons (Fsp3) is 0.0769. The van der Waals surface area contributed by atoms with Crippen LogP contribution in [0.5, 0.6) is 17.2 Å². The topological polar surface area (TPSA) is 72.6 Å². The van der Waals surface area contributed by atoms with Crippen LogP contribution in [0.15, 0.2) is 40.9 Å². The van der Waals surface area contributed by atoms with Crippen LogP contribution >= 0.6 is 15.9 Å². The average Bonchev–Trinajstić information content (AvgIpc) is 2.35. The molecule has 0 aliphatic carbocycles. The maximum Gasteiger partial charge on any atom is 0.273 e. The smallest absolute Gasteiger partial charge is 0.273 e. The van der Waals surface area contributed by atoms with Gasteiger partial charge in [-0.15, -0.1) is 0 Å². The van der Waals surface area contributed by atoms with E-state index >= 15 is 0 Å². The lowest BCUT2D eigenvalue weighted by molar-refractivity contribution is -0.385. The molecule has 98 valence electrons. The minimum absolute atomic E-state index is 0.00501. The van der Waals surface area contributed by atoms with Crippen molar-refractivity contribution in [3.8, 4) is 17.2 Å². The number of para-hydroxylation sites is 2. The molecule has 0 spiro atoms. The normalized spacial score (nSPS) is 10.2. The van der Waals surface area contributed by atoms with Crippen molar-refractivity contribution in [3.63, 3.8) is 0 Å². The molecule has 0 atom stereocenters. The highest BCUT2D eigenvalue weighted by Crippen LogP contribution is 2.37. The van der Waals surface area contributed by atoms with Gasteiger partial charge in [-0.3, -0.25) is 10.1 Å². The van der Waals surface area contributed by atoms with E-state index < -0.39 is 4.92 Å². The van der Waals surface area contributed by atoms with E-state index in [0.717, 1.165) is 0 Å². The minimum atomic E-state index is -0.455. The third kappa shape index (κ3) is 2.85. The van der Waals surface area contributed by atoms with Crippen molar-refractivity contribution < 1.29 is 14.8 Å². The lowest BCUT2D eigenvalue weighted by atomic mass is 10.2. The molecule has 19 heavy (non-hydrogen) atoms. The number of nitrogens with zero attached hydrogens (tertiary/aromatic N) is 1. The van der Waals surface area contributed by atoms with Crippen molar-refractivity contribution in [1.82, 2.24) is 0 Å². The maximum absolute atomic E-state index is 10.8. The fourth-order valence-corrected chi connectivity index (χ4v) is 1.99. The van der Waals surface area contributed by atoms with Crippen LogP contribution in [-0.2, 0) is 0 Å². The predicted molar refractivity (Wildman–Crippen MR) is 73.7 cm³/mol. The van der Waals surface area contributed by atoms with E-state index in [-0.39, 0.29) is 17.2 Å². The molecule has 1 N–H and O–H groups in total. The Kier molecular flexibility index (Phi) is 3.71. The highest BCUT2D eigenvalue weighted by atomic mass is 79.9. The summed E-state index contributed by atoms with van der Waals surface area (Å²) in [6, 6.07) is 9.44. The van der Waals surface area contributed by atoms with E-state index in [0.29, 0.717) is 15.8 Å². The van der Waals surface area contributed by atoms with Gasteiger partial charge >= 0.3 is 0 Å². The molecule has 0 aliphatic heterocycles. The van der Waals surface area contributed by atoms with Gasteiger partial charge in [-0.2, -0.15) is 0 Å². The van der Waals surface area contributed by atoms with Gasteiger partial charge in [-0.25, -0.2) is 0 Å². The number of phenols is 1. The number of nitro benzene ring substituents is 1. The second kappa shape index (κ2) is 5.27. The fourth-order valence-electron chi connectivity index (χ4n) is 1.58. The number of aryl methyl sites for hydroxylation is 1. The summed E-state index contributed by atoms with van der Waals surface area (Å²) in [7, 11) is 0. The standard InChI is InChI=1S/C13H10BrNO4/c1-8-6-13(9(14)7-10(8)15(17)18)19-12-5-3-2-4-11(12)16/h2-7,16H,1H3. The zero-order valence-electron chi connectivity index (χ0n) is 9.96. The Morgan fingerprint density at radius 1 is 1.26 bits per heavy atom. The molecule has 6 heteroatoms. The van der Waals surface area contributed by atoms with Crippen LogP contribution in [0, 0.1) is 17.0 Å². The first-order valence-corrected chi connectivity index (χ1v) is 6.18. The predicted octanol–water partition coefficient (Wildman–Crippen LogP) is 4.16. The van der Waals surface area contributed by atoms with Crippen molar-refractivity contribution in [2.75, 3.05) is 0 Å². The number of ether oxygens (including phenoxy) is 1. The summed E-state index contributed by atoms with van der Waals surface area (Å²) in [4.78, 5) is 10.3. The molecular weight excluding hydrogens is 314 g/mol. The van der Waals surface area contributed by atoms with Gasteiger partial charge in [0.1, 0.15) is 5.75 Å². The molecule has 0 aliphatic rings. The largest absolute Gasteiger partial charge is 0.504 e. The molecule has 0 radical (unpaired) electrons. The van der Waals surface area contributed by atoms with Gasteiger partial charge < -0.3 is 9.84 Å². The summed E-state index contributed by atoms with van der Waals surface area (Å²) in [5, 5.41) is 20.4. The molecule has 0 fully saturated rings. The van der Waals surface area contributed by atoms with Gasteiger partial charge in [-0.1, -0.05) is 12.1 Å². The van der Waals surface area contributed by atoms with Gasteiger partial charge in [-0.05, 0) is 41.1 Å². The quantitative estimate of drug-likeness (QED) is 0.679. The van der Waals surface area contributed by atoms with Crippen molar-refractivity contribution >= 4 is 21.6 Å². The zero-order valence-corrected chi connectivity index (χ0v) is 11.5. The SMILES string of the molecule is Cc1cc(Oc2ccccc2O)c(Br)cc1[N+](=O)[O-]. The van der Waals surface area contributed by atoms with E-state index in [1.165, 1.54) is 12.1 Å². The second-order valence-electron chi connectivity index (χ2n) is 3.90. The highest BCUT2D eigenvalue weighted by molar-refractivity contribution is 9.10. The summed E-state index contributed by atoms with van der Waals surface area (Å²) in [6.07, 6.45) is 0. The number of phenolic OH excluding ortho intramolecular Hbond substituents is 1. The molecule has 0 saturated heterocycles. The first-order valence-electron chi connectivity index (χ1n) is 5.39. The average molecular weight is 324 g/mol. The summed E-state index contributed by atoms with van der Waals surface area (Å²) < 4.78 is 5.99. The number of hydrogen-bond donors (Lipinski definition) is 1. The zero-order chi connectivity index (χ0) is 14.0. The number of hydrogen-bond acceptors (Lipinski definition) is 4. The van der Waals surface area contributed by atoms with Gasteiger partial charge in [0.2, 0.25) is 0 Å². The highest BCUT2D eigenvalue weighted by Gasteiger charge is 2.16. The Labute approximate surface area is 117 Å². The molecule has 0 saturated carbocycles. The lowest BCUT2D eigenvalue weighted by Crippen LogP contribution is -1.94. The van der Waals surface area contributed by atoms with Crippen LogP contribution in [0.1, 0.15) is 5.56 Å². The summed E-state index contributed by atoms with van der Waals surface area (Å²) in [6.45, 7) is 1.63. The second-order valence-corrected chi connectivity index (χ2v) is 4.75. The molecule has 2 aromatic rings. The molecule has 0 bridgehead atoms. The van der Waals surface area contributed by atoms with Crippen LogP contribution in [0.3, 0.4) is 0 Å². The molecule has 0 heterocycles. The summed E-state index contributed by atoms with van der Waals surface area (Å²) in [5.74, 6) is 0.700. The molecule has 0 amide bonds. The summed E-state index contributed by atoms with van der Waals surface area (Å²) in [5.41, 5.74) is 0.495. The number of nitro groups is 1. The van der Waals surface area contributed by atoms with Crippen LogP contribution in [0.2, 0.25) is 0 Å². The Bertz CT molecular complexity index is 643. The Hall–Kier alpha value is -2.08. The molecule has 2 rings (SSSR count).